The highest BCUT2D eigenvalue weighted by atomic mass is 16.5. The quantitative estimate of drug-likeness (QED) is 0.782. The Morgan fingerprint density at radius 3 is 2.62 bits per heavy atom. The maximum absolute atomic E-state index is 5.76. The van der Waals surface area contributed by atoms with Gasteiger partial charge in [0.15, 0.2) is 0 Å². The molecular weight excluding hydrogens is 200 g/mol. The van der Waals surface area contributed by atoms with Crippen molar-refractivity contribution in [3.8, 4) is 17.0 Å². The molecule has 3 nitrogen and oxygen atoms in total. The molecule has 0 aliphatic rings. The number of benzene rings is 1. The van der Waals surface area contributed by atoms with Crippen LogP contribution in [0.5, 0.6) is 5.88 Å². The third-order valence-corrected chi connectivity index (χ3v) is 2.36. The molecule has 1 aromatic carbocycles. The van der Waals surface area contributed by atoms with Crippen molar-refractivity contribution >= 4 is 5.69 Å². The molecule has 16 heavy (non-hydrogen) atoms. The maximum atomic E-state index is 5.76. The van der Waals surface area contributed by atoms with Crippen LogP contribution in [0.1, 0.15) is 5.69 Å². The zero-order valence-corrected chi connectivity index (χ0v) is 9.40. The Morgan fingerprint density at radius 1 is 1.12 bits per heavy atom. The predicted molar refractivity (Wildman–Crippen MR) is 65.4 cm³/mol. The van der Waals surface area contributed by atoms with Crippen molar-refractivity contribution in [2.24, 2.45) is 0 Å². The molecule has 1 aromatic heterocycles. The molecule has 3 heteroatoms. The Kier molecular flexibility index (Phi) is 2.77. The minimum atomic E-state index is 0.623. The summed E-state index contributed by atoms with van der Waals surface area (Å²) in [5.41, 5.74) is 9.58. The number of ether oxygens (including phenoxy) is 1. The van der Waals surface area contributed by atoms with Gasteiger partial charge in [0, 0.05) is 17.4 Å². The summed E-state index contributed by atoms with van der Waals surface area (Å²) in [6.07, 6.45) is 0. The van der Waals surface area contributed by atoms with Crippen molar-refractivity contribution in [3.05, 3.63) is 42.1 Å². The Labute approximate surface area is 94.9 Å². The monoisotopic (exact) mass is 214 g/mol. The van der Waals surface area contributed by atoms with E-state index in [9.17, 15) is 0 Å². The number of rotatable bonds is 2. The molecule has 0 atom stereocenters. The van der Waals surface area contributed by atoms with Gasteiger partial charge in [0.2, 0.25) is 5.88 Å². The van der Waals surface area contributed by atoms with Gasteiger partial charge in [0.1, 0.15) is 0 Å². The standard InChI is InChI=1S/C13H14N2O/c1-9-6-11(8-13(15-9)16-2)10-4-3-5-12(14)7-10/h3-8H,14H2,1-2H3. The number of hydrogen-bond acceptors (Lipinski definition) is 3. The van der Waals surface area contributed by atoms with E-state index in [-0.39, 0.29) is 0 Å². The highest BCUT2D eigenvalue weighted by Gasteiger charge is 2.02. The average molecular weight is 214 g/mol. The molecule has 2 rings (SSSR count). The highest BCUT2D eigenvalue weighted by Crippen LogP contribution is 2.24. The molecule has 0 fully saturated rings. The average Bonchev–Trinajstić information content (AvgIpc) is 2.28. The molecule has 82 valence electrons. The third-order valence-electron chi connectivity index (χ3n) is 2.36. The van der Waals surface area contributed by atoms with Gasteiger partial charge in [-0.05, 0) is 36.2 Å². The minimum absolute atomic E-state index is 0.623. The van der Waals surface area contributed by atoms with E-state index in [1.807, 2.05) is 43.3 Å². The lowest BCUT2D eigenvalue weighted by molar-refractivity contribution is 0.397. The Balaban J connectivity index is 2.51. The van der Waals surface area contributed by atoms with Crippen molar-refractivity contribution in [1.29, 1.82) is 0 Å². The van der Waals surface area contributed by atoms with Gasteiger partial charge in [-0.1, -0.05) is 12.1 Å². The Morgan fingerprint density at radius 2 is 1.94 bits per heavy atom. The summed E-state index contributed by atoms with van der Waals surface area (Å²) in [6, 6.07) is 11.7. The fourth-order valence-electron chi connectivity index (χ4n) is 1.63. The van der Waals surface area contributed by atoms with Gasteiger partial charge in [0.25, 0.3) is 0 Å². The summed E-state index contributed by atoms with van der Waals surface area (Å²) < 4.78 is 5.15. The number of aryl methyl sites for hydroxylation is 1. The molecule has 0 aliphatic heterocycles. The number of methoxy groups -OCH3 is 1. The van der Waals surface area contributed by atoms with E-state index in [2.05, 4.69) is 4.98 Å². The largest absolute Gasteiger partial charge is 0.481 e. The molecule has 2 aromatic rings. The number of nitrogens with zero attached hydrogens (tertiary/aromatic N) is 1. The van der Waals surface area contributed by atoms with Gasteiger partial charge < -0.3 is 10.5 Å². The van der Waals surface area contributed by atoms with E-state index in [0.717, 1.165) is 22.5 Å². The number of hydrogen-bond donors (Lipinski definition) is 1. The Bertz CT molecular complexity index is 509. The van der Waals surface area contributed by atoms with Crippen LogP contribution in [-0.2, 0) is 0 Å². The first-order chi connectivity index (χ1) is 7.69. The lowest BCUT2D eigenvalue weighted by Gasteiger charge is -2.06. The molecule has 0 bridgehead atoms. The van der Waals surface area contributed by atoms with Crippen LogP contribution in [0.15, 0.2) is 36.4 Å². The van der Waals surface area contributed by atoms with Crippen molar-refractivity contribution in [3.63, 3.8) is 0 Å². The summed E-state index contributed by atoms with van der Waals surface area (Å²) in [4.78, 5) is 4.25. The number of nitrogen functional groups attached to an aromatic ring is 1. The highest BCUT2D eigenvalue weighted by molar-refractivity contribution is 5.68. The molecule has 0 saturated heterocycles. The van der Waals surface area contributed by atoms with Crippen LogP contribution in [0.3, 0.4) is 0 Å². The first-order valence-electron chi connectivity index (χ1n) is 5.07. The van der Waals surface area contributed by atoms with Crippen LogP contribution in [0.25, 0.3) is 11.1 Å². The summed E-state index contributed by atoms with van der Waals surface area (Å²) in [5.74, 6) is 0.623. The van der Waals surface area contributed by atoms with Crippen LogP contribution in [-0.4, -0.2) is 12.1 Å². The molecular formula is C13H14N2O. The first-order valence-corrected chi connectivity index (χ1v) is 5.07. The molecule has 0 aliphatic carbocycles. The molecule has 0 spiro atoms. The van der Waals surface area contributed by atoms with Gasteiger partial charge in [-0.3, -0.25) is 0 Å². The molecule has 0 amide bonds. The molecule has 0 radical (unpaired) electrons. The molecule has 2 N–H and O–H groups in total. The molecule has 0 saturated carbocycles. The summed E-state index contributed by atoms with van der Waals surface area (Å²) in [5, 5.41) is 0. The van der Waals surface area contributed by atoms with Crippen LogP contribution >= 0.6 is 0 Å². The van der Waals surface area contributed by atoms with Crippen molar-refractivity contribution in [2.75, 3.05) is 12.8 Å². The summed E-state index contributed by atoms with van der Waals surface area (Å²) >= 11 is 0. The lowest BCUT2D eigenvalue weighted by atomic mass is 10.1. The zero-order chi connectivity index (χ0) is 11.5. The van der Waals surface area contributed by atoms with E-state index in [0.29, 0.717) is 5.88 Å². The number of anilines is 1. The van der Waals surface area contributed by atoms with Crippen LogP contribution in [0.2, 0.25) is 0 Å². The van der Waals surface area contributed by atoms with Crippen LogP contribution < -0.4 is 10.5 Å². The van der Waals surface area contributed by atoms with E-state index < -0.39 is 0 Å². The third kappa shape index (κ3) is 2.14. The molecule has 0 unspecified atom stereocenters. The fraction of sp³-hybridized carbons (Fsp3) is 0.154. The Hall–Kier alpha value is -2.03. The lowest BCUT2D eigenvalue weighted by Crippen LogP contribution is -1.92. The van der Waals surface area contributed by atoms with Crippen LogP contribution in [0, 0.1) is 6.92 Å². The van der Waals surface area contributed by atoms with Gasteiger partial charge in [-0.25, -0.2) is 4.98 Å². The number of pyridine rings is 1. The van der Waals surface area contributed by atoms with E-state index in [1.165, 1.54) is 0 Å². The second kappa shape index (κ2) is 4.23. The van der Waals surface area contributed by atoms with E-state index in [4.69, 9.17) is 10.5 Å². The van der Waals surface area contributed by atoms with Crippen molar-refractivity contribution < 1.29 is 4.74 Å². The smallest absolute Gasteiger partial charge is 0.213 e. The van der Waals surface area contributed by atoms with Gasteiger partial charge >= 0.3 is 0 Å². The predicted octanol–water partition coefficient (Wildman–Crippen LogP) is 2.65. The first kappa shape index (κ1) is 10.5. The minimum Gasteiger partial charge on any atom is -0.481 e. The SMILES string of the molecule is COc1cc(-c2cccc(N)c2)cc(C)n1. The molecule has 1 heterocycles. The van der Waals surface area contributed by atoms with Crippen LogP contribution in [0.4, 0.5) is 5.69 Å². The van der Waals surface area contributed by atoms with Gasteiger partial charge in [0.05, 0.1) is 7.11 Å². The van der Waals surface area contributed by atoms with E-state index >= 15 is 0 Å². The van der Waals surface area contributed by atoms with E-state index in [1.54, 1.807) is 7.11 Å². The second-order valence-electron chi connectivity index (χ2n) is 3.67. The summed E-state index contributed by atoms with van der Waals surface area (Å²) in [7, 11) is 1.62. The topological polar surface area (TPSA) is 48.1 Å². The summed E-state index contributed by atoms with van der Waals surface area (Å²) in [6.45, 7) is 1.94. The van der Waals surface area contributed by atoms with Crippen molar-refractivity contribution in [1.82, 2.24) is 4.98 Å². The number of nitrogens with two attached hydrogens (primary N) is 1. The van der Waals surface area contributed by atoms with Gasteiger partial charge in [-0.2, -0.15) is 0 Å². The van der Waals surface area contributed by atoms with Crippen molar-refractivity contribution in [2.45, 2.75) is 6.92 Å². The fourth-order valence-corrected chi connectivity index (χ4v) is 1.63. The normalized spacial score (nSPS) is 10.1. The van der Waals surface area contributed by atoms with Gasteiger partial charge in [-0.15, -0.1) is 0 Å². The number of aromatic nitrogens is 1. The zero-order valence-electron chi connectivity index (χ0n) is 9.40. The maximum Gasteiger partial charge on any atom is 0.213 e. The second-order valence-corrected chi connectivity index (χ2v) is 3.67.